The first kappa shape index (κ1) is 20.3. The van der Waals surface area contributed by atoms with Gasteiger partial charge in [0, 0.05) is 64.5 Å². The van der Waals surface area contributed by atoms with Gasteiger partial charge in [-0.05, 0) is 55.4 Å². The maximum atomic E-state index is 11.9. The average Bonchev–Trinajstić information content (AvgIpc) is 2.99. The van der Waals surface area contributed by atoms with Gasteiger partial charge < -0.3 is 15.2 Å². The lowest BCUT2D eigenvalue weighted by atomic mass is 9.88. The van der Waals surface area contributed by atoms with Crippen molar-refractivity contribution in [3.8, 4) is 0 Å². The third-order valence-corrected chi connectivity index (χ3v) is 6.54. The van der Waals surface area contributed by atoms with Crippen LogP contribution in [0.3, 0.4) is 0 Å². The molecule has 2 heterocycles. The normalized spacial score (nSPS) is 16.6. The highest BCUT2D eigenvalue weighted by molar-refractivity contribution is 6.31. The minimum Gasteiger partial charge on any atom is -0.370 e. The zero-order valence-electron chi connectivity index (χ0n) is 16.7. The second-order valence-electron chi connectivity index (χ2n) is 8.01. The molecule has 29 heavy (non-hydrogen) atoms. The number of fused-ring (bicyclic) bond motifs is 3. The van der Waals surface area contributed by atoms with Gasteiger partial charge in [0.05, 0.1) is 0 Å². The van der Waals surface area contributed by atoms with E-state index < -0.39 is 0 Å². The number of carbonyl (C=O) groups excluding carboxylic acids is 1. The number of primary amides is 1. The minimum absolute atomic E-state index is 0.0419. The summed E-state index contributed by atoms with van der Waals surface area (Å²) in [6.07, 6.45) is 1.25. The number of hydrogen-bond acceptors (Lipinski definition) is 2. The van der Waals surface area contributed by atoms with E-state index in [1.54, 1.807) is 0 Å². The molecule has 1 aliphatic heterocycles. The van der Waals surface area contributed by atoms with Crippen molar-refractivity contribution in [1.29, 1.82) is 0 Å². The van der Waals surface area contributed by atoms with E-state index in [9.17, 15) is 4.79 Å². The maximum Gasteiger partial charge on any atom is 0.218 e. The van der Waals surface area contributed by atoms with Crippen LogP contribution in [0.5, 0.6) is 0 Å². The standard InChI is InChI=1S/C23H25Cl2N3O/c1-14(18(12-23(26)29)15-3-5-16(24)6-4-15)28-21-8-7-17(25)11-19(21)20-13-27(2)10-9-22(20)28/h3-8,11,14,18H,9-10,12-13H2,1-2H3,(H2,26,29). The van der Waals surface area contributed by atoms with Gasteiger partial charge in [0.15, 0.2) is 0 Å². The summed E-state index contributed by atoms with van der Waals surface area (Å²) in [6, 6.07) is 13.9. The van der Waals surface area contributed by atoms with Gasteiger partial charge in [-0.2, -0.15) is 0 Å². The van der Waals surface area contributed by atoms with Gasteiger partial charge in [0.25, 0.3) is 0 Å². The van der Waals surface area contributed by atoms with Crippen LogP contribution in [0.15, 0.2) is 42.5 Å². The second kappa shape index (κ2) is 8.02. The molecule has 0 saturated heterocycles. The molecule has 2 aromatic carbocycles. The Bertz CT molecular complexity index is 1060. The van der Waals surface area contributed by atoms with E-state index in [4.69, 9.17) is 28.9 Å². The highest BCUT2D eigenvalue weighted by Crippen LogP contribution is 2.40. The summed E-state index contributed by atoms with van der Waals surface area (Å²) < 4.78 is 2.40. The number of hydrogen-bond donors (Lipinski definition) is 1. The Morgan fingerprint density at radius 2 is 1.83 bits per heavy atom. The summed E-state index contributed by atoms with van der Waals surface area (Å²) in [7, 11) is 2.14. The molecule has 0 saturated carbocycles. The van der Waals surface area contributed by atoms with Crippen molar-refractivity contribution >= 4 is 40.0 Å². The van der Waals surface area contributed by atoms with Crippen molar-refractivity contribution in [3.63, 3.8) is 0 Å². The lowest BCUT2D eigenvalue weighted by molar-refractivity contribution is -0.118. The predicted octanol–water partition coefficient (Wildman–Crippen LogP) is 5.16. The third-order valence-electron chi connectivity index (χ3n) is 6.05. The summed E-state index contributed by atoms with van der Waals surface area (Å²) >= 11 is 12.4. The molecule has 2 unspecified atom stereocenters. The van der Waals surface area contributed by atoms with Gasteiger partial charge in [-0.25, -0.2) is 0 Å². The number of nitrogens with two attached hydrogens (primary N) is 1. The third kappa shape index (κ3) is 3.89. The van der Waals surface area contributed by atoms with E-state index in [-0.39, 0.29) is 24.3 Å². The number of nitrogens with zero attached hydrogens (tertiary/aromatic N) is 2. The number of aromatic nitrogens is 1. The molecule has 1 aliphatic rings. The Labute approximate surface area is 181 Å². The summed E-state index contributed by atoms with van der Waals surface area (Å²) in [5.41, 5.74) is 10.5. The first-order chi connectivity index (χ1) is 13.8. The number of halogens is 2. The minimum atomic E-state index is -0.301. The second-order valence-corrected chi connectivity index (χ2v) is 8.89. The van der Waals surface area contributed by atoms with Crippen molar-refractivity contribution in [2.75, 3.05) is 13.6 Å². The van der Waals surface area contributed by atoms with Crippen molar-refractivity contribution in [2.24, 2.45) is 5.73 Å². The Morgan fingerprint density at radius 3 is 2.52 bits per heavy atom. The molecule has 4 nitrogen and oxygen atoms in total. The van der Waals surface area contributed by atoms with Crippen LogP contribution in [0.1, 0.15) is 42.1 Å². The van der Waals surface area contributed by atoms with E-state index in [0.29, 0.717) is 5.02 Å². The Morgan fingerprint density at radius 1 is 1.14 bits per heavy atom. The zero-order chi connectivity index (χ0) is 20.7. The molecular formula is C23H25Cl2N3O. The summed E-state index contributed by atoms with van der Waals surface area (Å²) in [5, 5.41) is 2.62. The molecule has 6 heteroatoms. The molecule has 0 spiro atoms. The fraction of sp³-hybridized carbons (Fsp3) is 0.348. The van der Waals surface area contributed by atoms with Gasteiger partial charge in [-0.3, -0.25) is 4.79 Å². The number of benzene rings is 2. The first-order valence-corrected chi connectivity index (χ1v) is 10.6. The van der Waals surface area contributed by atoms with Crippen LogP contribution in [-0.2, 0) is 17.8 Å². The van der Waals surface area contributed by atoms with E-state index in [2.05, 4.69) is 35.6 Å². The molecular weight excluding hydrogens is 405 g/mol. The zero-order valence-corrected chi connectivity index (χ0v) is 18.2. The SMILES string of the molecule is CC(C(CC(N)=O)c1ccc(Cl)cc1)n1c2c(c3cc(Cl)ccc31)CN(C)CC2. The van der Waals surface area contributed by atoms with Crippen LogP contribution < -0.4 is 5.73 Å². The van der Waals surface area contributed by atoms with Crippen molar-refractivity contribution in [3.05, 3.63) is 69.3 Å². The average molecular weight is 430 g/mol. The van der Waals surface area contributed by atoms with Gasteiger partial charge in [0.2, 0.25) is 5.91 Å². The molecule has 0 aliphatic carbocycles. The van der Waals surface area contributed by atoms with Crippen LogP contribution in [-0.4, -0.2) is 29.0 Å². The van der Waals surface area contributed by atoms with Crippen molar-refractivity contribution < 1.29 is 4.79 Å². The fourth-order valence-electron chi connectivity index (χ4n) is 4.64. The molecule has 152 valence electrons. The Balaban J connectivity index is 1.87. The molecule has 3 aromatic rings. The first-order valence-electron chi connectivity index (χ1n) is 9.88. The fourth-order valence-corrected chi connectivity index (χ4v) is 4.94. The van der Waals surface area contributed by atoms with E-state index in [1.807, 2.05) is 30.3 Å². The molecule has 2 atom stereocenters. The molecule has 2 N–H and O–H groups in total. The van der Waals surface area contributed by atoms with E-state index in [1.165, 1.54) is 16.6 Å². The van der Waals surface area contributed by atoms with Gasteiger partial charge in [0.1, 0.15) is 0 Å². The highest BCUT2D eigenvalue weighted by Gasteiger charge is 2.29. The van der Waals surface area contributed by atoms with Gasteiger partial charge >= 0.3 is 0 Å². The smallest absolute Gasteiger partial charge is 0.218 e. The lowest BCUT2D eigenvalue weighted by Gasteiger charge is -2.30. The summed E-state index contributed by atoms with van der Waals surface area (Å²) in [4.78, 5) is 14.3. The molecule has 1 amide bonds. The Hall–Kier alpha value is -2.01. The number of rotatable bonds is 5. The predicted molar refractivity (Wildman–Crippen MR) is 120 cm³/mol. The number of likely N-dealkylation sites (N-methyl/N-ethyl adjacent to an activating group) is 1. The highest BCUT2D eigenvalue weighted by atomic mass is 35.5. The quantitative estimate of drug-likeness (QED) is 0.608. The van der Waals surface area contributed by atoms with Crippen molar-refractivity contribution in [1.82, 2.24) is 9.47 Å². The van der Waals surface area contributed by atoms with Crippen LogP contribution in [0.2, 0.25) is 10.0 Å². The van der Waals surface area contributed by atoms with Crippen LogP contribution in [0.4, 0.5) is 0 Å². The lowest BCUT2D eigenvalue weighted by Crippen LogP contribution is -2.29. The molecule has 0 fully saturated rings. The van der Waals surface area contributed by atoms with Crippen LogP contribution in [0.25, 0.3) is 10.9 Å². The largest absolute Gasteiger partial charge is 0.370 e. The van der Waals surface area contributed by atoms with Gasteiger partial charge in [-0.15, -0.1) is 0 Å². The Kier molecular flexibility index (Phi) is 5.60. The van der Waals surface area contributed by atoms with E-state index in [0.717, 1.165) is 35.6 Å². The molecule has 0 bridgehead atoms. The van der Waals surface area contributed by atoms with E-state index >= 15 is 0 Å². The maximum absolute atomic E-state index is 11.9. The van der Waals surface area contributed by atoms with Crippen LogP contribution >= 0.6 is 23.2 Å². The van der Waals surface area contributed by atoms with Gasteiger partial charge in [-0.1, -0.05) is 35.3 Å². The molecule has 1 aromatic heterocycles. The monoisotopic (exact) mass is 429 g/mol. The van der Waals surface area contributed by atoms with Crippen LogP contribution in [0, 0.1) is 0 Å². The number of carbonyl (C=O) groups is 1. The summed E-state index contributed by atoms with van der Waals surface area (Å²) in [5.74, 6) is -0.343. The molecule has 0 radical (unpaired) electrons. The molecule has 4 rings (SSSR count). The summed E-state index contributed by atoms with van der Waals surface area (Å²) in [6.45, 7) is 4.08. The number of amides is 1. The topological polar surface area (TPSA) is 51.3 Å². The van der Waals surface area contributed by atoms with Crippen molar-refractivity contribution in [2.45, 2.75) is 38.3 Å².